The summed E-state index contributed by atoms with van der Waals surface area (Å²) >= 11 is 0. The molecule has 0 spiro atoms. The maximum atomic E-state index is 13.9. The number of hydrogen-bond acceptors (Lipinski definition) is 3. The fourth-order valence-corrected chi connectivity index (χ4v) is 3.45. The van der Waals surface area contributed by atoms with Gasteiger partial charge in [0.1, 0.15) is 11.5 Å². The Kier molecular flexibility index (Phi) is 5.24. The molecule has 29 heavy (non-hydrogen) atoms. The first-order valence-electron chi connectivity index (χ1n) is 8.22. The number of alkyl halides is 3. The molecule has 0 aliphatic rings. The summed E-state index contributed by atoms with van der Waals surface area (Å²) in [7, 11) is -3.47. The van der Waals surface area contributed by atoms with E-state index in [4.69, 9.17) is 0 Å². The highest BCUT2D eigenvalue weighted by Gasteiger charge is 2.40. The van der Waals surface area contributed by atoms with Crippen molar-refractivity contribution in [1.82, 2.24) is 9.78 Å². The zero-order valence-electron chi connectivity index (χ0n) is 15.2. The van der Waals surface area contributed by atoms with Crippen LogP contribution in [0.1, 0.15) is 12.6 Å². The highest BCUT2D eigenvalue weighted by atomic mass is 32.2. The van der Waals surface area contributed by atoms with Crippen LogP contribution in [0.15, 0.2) is 53.4 Å². The van der Waals surface area contributed by atoms with Gasteiger partial charge >= 0.3 is 6.18 Å². The Labute approximate surface area is 164 Å². The first-order chi connectivity index (χ1) is 13.5. The summed E-state index contributed by atoms with van der Waals surface area (Å²) in [5.41, 5.74) is -1.05. The molecular formula is C20H14F4N2O2S. The average molecular weight is 422 g/mol. The zero-order chi connectivity index (χ0) is 21.4. The van der Waals surface area contributed by atoms with Gasteiger partial charge in [0.25, 0.3) is 0 Å². The molecule has 3 aromatic rings. The van der Waals surface area contributed by atoms with Crippen LogP contribution < -0.4 is 0 Å². The molecule has 0 fully saturated rings. The SMILES string of the molecule is CC#Cn1nc(-c2ccc(S(C)(=O)=O)cc2)c(-c2ccc(F)cc2)c1C(F)(F)F. The van der Waals surface area contributed by atoms with Gasteiger partial charge < -0.3 is 0 Å². The molecule has 0 saturated heterocycles. The molecule has 0 atom stereocenters. The van der Waals surface area contributed by atoms with Gasteiger partial charge in [0, 0.05) is 23.4 Å². The Balaban J connectivity index is 2.34. The van der Waals surface area contributed by atoms with E-state index in [1.165, 1.54) is 43.3 Å². The molecule has 1 aromatic heterocycles. The van der Waals surface area contributed by atoms with Crippen molar-refractivity contribution in [3.05, 3.63) is 60.0 Å². The van der Waals surface area contributed by atoms with Crippen molar-refractivity contribution in [3.63, 3.8) is 0 Å². The molecule has 150 valence electrons. The van der Waals surface area contributed by atoms with Crippen molar-refractivity contribution in [2.45, 2.75) is 18.0 Å². The van der Waals surface area contributed by atoms with Gasteiger partial charge in [-0.3, -0.25) is 0 Å². The lowest BCUT2D eigenvalue weighted by atomic mass is 9.98. The van der Waals surface area contributed by atoms with E-state index in [2.05, 4.69) is 17.1 Å². The van der Waals surface area contributed by atoms with Gasteiger partial charge in [-0.05, 0) is 36.8 Å². The Bertz CT molecular complexity index is 1210. The third-order valence-electron chi connectivity index (χ3n) is 4.06. The molecule has 0 bridgehead atoms. The predicted molar refractivity (Wildman–Crippen MR) is 100 cm³/mol. The van der Waals surface area contributed by atoms with Crippen LogP contribution in [-0.4, -0.2) is 24.5 Å². The second kappa shape index (κ2) is 7.37. The van der Waals surface area contributed by atoms with E-state index in [9.17, 15) is 26.0 Å². The lowest BCUT2D eigenvalue weighted by Gasteiger charge is -2.10. The highest BCUT2D eigenvalue weighted by molar-refractivity contribution is 7.90. The van der Waals surface area contributed by atoms with Crippen LogP contribution in [0.3, 0.4) is 0 Å². The topological polar surface area (TPSA) is 52.0 Å². The summed E-state index contributed by atoms with van der Waals surface area (Å²) in [6.45, 7) is 1.37. The van der Waals surface area contributed by atoms with E-state index in [0.29, 0.717) is 4.68 Å². The number of benzene rings is 2. The van der Waals surface area contributed by atoms with Gasteiger partial charge in [-0.1, -0.05) is 30.2 Å². The summed E-state index contributed by atoms with van der Waals surface area (Å²) in [6.07, 6.45) is -3.76. The summed E-state index contributed by atoms with van der Waals surface area (Å²) < 4.78 is 78.8. The molecule has 0 amide bonds. The minimum absolute atomic E-state index is 0.0217. The van der Waals surface area contributed by atoms with Crippen molar-refractivity contribution in [1.29, 1.82) is 0 Å². The van der Waals surface area contributed by atoms with Crippen LogP contribution in [0.2, 0.25) is 0 Å². The van der Waals surface area contributed by atoms with Crippen molar-refractivity contribution in [2.24, 2.45) is 0 Å². The van der Waals surface area contributed by atoms with Gasteiger partial charge in [-0.25, -0.2) is 12.8 Å². The molecule has 2 aromatic carbocycles. The molecule has 9 heteroatoms. The Hall–Kier alpha value is -3.12. The van der Waals surface area contributed by atoms with E-state index >= 15 is 0 Å². The number of nitrogens with zero attached hydrogens (tertiary/aromatic N) is 2. The second-order valence-corrected chi connectivity index (χ2v) is 8.16. The molecular weight excluding hydrogens is 408 g/mol. The molecule has 0 radical (unpaired) electrons. The molecule has 1 heterocycles. The normalized spacial score (nSPS) is 11.8. The lowest BCUT2D eigenvalue weighted by Crippen LogP contribution is -2.13. The van der Waals surface area contributed by atoms with E-state index < -0.39 is 27.5 Å². The minimum Gasteiger partial charge on any atom is -0.224 e. The monoisotopic (exact) mass is 422 g/mol. The first-order valence-corrected chi connectivity index (χ1v) is 10.1. The van der Waals surface area contributed by atoms with Crippen molar-refractivity contribution >= 4 is 9.84 Å². The van der Waals surface area contributed by atoms with Crippen LogP contribution >= 0.6 is 0 Å². The summed E-state index contributed by atoms with van der Waals surface area (Å²) in [4.78, 5) is 0.0217. The van der Waals surface area contributed by atoms with Gasteiger partial charge in [0.05, 0.1) is 4.90 Å². The zero-order valence-corrected chi connectivity index (χ0v) is 16.1. The predicted octanol–water partition coefficient (Wildman–Crippen LogP) is 4.61. The number of sulfone groups is 1. The van der Waals surface area contributed by atoms with E-state index in [1.807, 2.05) is 0 Å². The van der Waals surface area contributed by atoms with Crippen molar-refractivity contribution in [2.75, 3.05) is 6.26 Å². The van der Waals surface area contributed by atoms with Crippen LogP contribution in [0, 0.1) is 17.8 Å². The van der Waals surface area contributed by atoms with Crippen LogP contribution in [-0.2, 0) is 16.0 Å². The largest absolute Gasteiger partial charge is 0.434 e. The number of hydrogen-bond donors (Lipinski definition) is 0. The average Bonchev–Trinajstić information content (AvgIpc) is 3.02. The molecule has 0 N–H and O–H groups in total. The molecule has 3 rings (SSSR count). The van der Waals surface area contributed by atoms with Crippen LogP contribution in [0.4, 0.5) is 17.6 Å². The minimum atomic E-state index is -4.79. The van der Waals surface area contributed by atoms with Crippen molar-refractivity contribution in [3.8, 4) is 34.3 Å². The van der Waals surface area contributed by atoms with Crippen LogP contribution in [0.25, 0.3) is 22.4 Å². The van der Waals surface area contributed by atoms with E-state index in [1.54, 1.807) is 0 Å². The Morgan fingerprint density at radius 2 is 1.52 bits per heavy atom. The first kappa shape index (κ1) is 20.6. The van der Waals surface area contributed by atoms with Gasteiger partial charge in [-0.15, -0.1) is 0 Å². The Morgan fingerprint density at radius 1 is 0.966 bits per heavy atom. The number of rotatable bonds is 3. The molecule has 0 unspecified atom stereocenters. The maximum Gasteiger partial charge on any atom is 0.434 e. The van der Waals surface area contributed by atoms with Gasteiger partial charge in [0.2, 0.25) is 0 Å². The van der Waals surface area contributed by atoms with Crippen LogP contribution in [0.5, 0.6) is 0 Å². The second-order valence-electron chi connectivity index (χ2n) is 6.15. The highest BCUT2D eigenvalue weighted by Crippen LogP contribution is 2.42. The van der Waals surface area contributed by atoms with E-state index in [-0.39, 0.29) is 27.3 Å². The molecule has 4 nitrogen and oxygen atoms in total. The molecule has 0 aliphatic heterocycles. The standard InChI is InChI=1S/C20H14F4N2O2S/c1-3-12-26-19(20(22,23)24)17(13-4-8-15(21)9-5-13)18(25-26)14-6-10-16(11-7-14)29(2,27)28/h4-11H,1-2H3. The van der Waals surface area contributed by atoms with Gasteiger partial charge in [-0.2, -0.15) is 23.0 Å². The molecule has 0 aliphatic carbocycles. The Morgan fingerprint density at radius 3 is 2.00 bits per heavy atom. The summed E-state index contributed by atoms with van der Waals surface area (Å²) in [5, 5.41) is 4.01. The smallest absolute Gasteiger partial charge is 0.224 e. The van der Waals surface area contributed by atoms with Gasteiger partial charge in [0.15, 0.2) is 15.5 Å². The number of aromatic nitrogens is 2. The maximum absolute atomic E-state index is 13.9. The third kappa shape index (κ3) is 4.17. The summed E-state index contributed by atoms with van der Waals surface area (Å²) in [6, 6.07) is 12.2. The fraction of sp³-hybridized carbons (Fsp3) is 0.150. The van der Waals surface area contributed by atoms with E-state index in [0.717, 1.165) is 18.4 Å². The molecule has 0 saturated carbocycles. The lowest BCUT2D eigenvalue weighted by molar-refractivity contribution is -0.142. The fourth-order valence-electron chi connectivity index (χ4n) is 2.82. The quantitative estimate of drug-likeness (QED) is 0.458. The third-order valence-corrected chi connectivity index (χ3v) is 5.19. The number of halogens is 4. The van der Waals surface area contributed by atoms with Crippen molar-refractivity contribution < 1.29 is 26.0 Å². The summed E-state index contributed by atoms with van der Waals surface area (Å²) in [5.74, 6) is 1.79.